The summed E-state index contributed by atoms with van der Waals surface area (Å²) in [7, 11) is -3.04. The van der Waals surface area contributed by atoms with Gasteiger partial charge in [0.25, 0.3) is 8.32 Å². The van der Waals surface area contributed by atoms with Crippen molar-refractivity contribution in [1.29, 1.82) is 0 Å². The van der Waals surface area contributed by atoms with Gasteiger partial charge < -0.3 is 25.5 Å². The molecule has 3 aromatic carbocycles. The summed E-state index contributed by atoms with van der Waals surface area (Å²) in [6, 6.07) is 25.6. The number of benzene rings is 3. The van der Waals surface area contributed by atoms with Crippen molar-refractivity contribution in [2.24, 2.45) is 5.92 Å². The maximum Gasteiger partial charge on any atom is 0.326 e. The molecule has 0 saturated carbocycles. The highest BCUT2D eigenvalue weighted by Gasteiger charge is 2.50. The van der Waals surface area contributed by atoms with E-state index in [0.717, 1.165) is 15.9 Å². The van der Waals surface area contributed by atoms with Gasteiger partial charge in [-0.3, -0.25) is 14.4 Å². The van der Waals surface area contributed by atoms with Gasteiger partial charge in [-0.25, -0.2) is 4.79 Å². The molecule has 0 aromatic heterocycles. The van der Waals surface area contributed by atoms with Gasteiger partial charge in [0.05, 0.1) is 6.61 Å². The number of amides is 3. The maximum absolute atomic E-state index is 13.8. The van der Waals surface area contributed by atoms with Crippen LogP contribution < -0.4 is 26.3 Å². The molecule has 0 unspecified atom stereocenters. The smallest absolute Gasteiger partial charge is 0.326 e. The largest absolute Gasteiger partial charge is 0.480 e. The monoisotopic (exact) mass is 645 g/mol. The van der Waals surface area contributed by atoms with Crippen molar-refractivity contribution in [3.8, 4) is 0 Å². The first kappa shape index (κ1) is 36.2. The van der Waals surface area contributed by atoms with Crippen LogP contribution in [0.25, 0.3) is 0 Å². The summed E-state index contributed by atoms with van der Waals surface area (Å²) in [5.74, 6) is -2.81. The Bertz CT molecular complexity index is 1410. The van der Waals surface area contributed by atoms with Gasteiger partial charge in [-0.2, -0.15) is 0 Å². The molecule has 246 valence electrons. The number of carboxylic acids is 1. The Hall–Kier alpha value is -4.28. The van der Waals surface area contributed by atoms with Crippen LogP contribution in [0.3, 0.4) is 0 Å². The van der Waals surface area contributed by atoms with Crippen LogP contribution in [0.4, 0.5) is 0 Å². The molecular weight excluding hydrogens is 598 g/mol. The van der Waals surface area contributed by atoms with Gasteiger partial charge in [0.1, 0.15) is 18.1 Å². The molecule has 0 aliphatic rings. The molecule has 0 bridgehead atoms. The van der Waals surface area contributed by atoms with Gasteiger partial charge in [0.2, 0.25) is 17.7 Å². The molecule has 0 fully saturated rings. The lowest BCUT2D eigenvalue weighted by molar-refractivity contribution is -0.142. The van der Waals surface area contributed by atoms with Gasteiger partial charge in [-0.05, 0) is 33.3 Å². The summed E-state index contributed by atoms with van der Waals surface area (Å²) in [5, 5.41) is 19.6. The summed E-state index contributed by atoms with van der Waals surface area (Å²) in [6.45, 7) is 11.3. The van der Waals surface area contributed by atoms with Crippen LogP contribution in [-0.4, -0.2) is 61.8 Å². The second-order valence-electron chi connectivity index (χ2n) is 13.0. The van der Waals surface area contributed by atoms with Crippen molar-refractivity contribution in [2.75, 3.05) is 6.61 Å². The van der Waals surface area contributed by atoms with E-state index in [0.29, 0.717) is 0 Å². The average molecular weight is 646 g/mol. The zero-order valence-corrected chi connectivity index (χ0v) is 28.6. The van der Waals surface area contributed by atoms with Crippen LogP contribution in [0, 0.1) is 5.92 Å². The van der Waals surface area contributed by atoms with Crippen molar-refractivity contribution in [2.45, 2.75) is 77.5 Å². The summed E-state index contributed by atoms with van der Waals surface area (Å²) >= 11 is 0. The van der Waals surface area contributed by atoms with E-state index in [1.807, 2.05) is 80.6 Å². The fourth-order valence-corrected chi connectivity index (χ4v) is 10.3. The quantitative estimate of drug-likeness (QED) is 0.187. The number of rotatable bonds is 15. The average Bonchev–Trinajstić information content (AvgIpc) is 3.00. The van der Waals surface area contributed by atoms with Crippen molar-refractivity contribution in [1.82, 2.24) is 16.0 Å². The Morgan fingerprint density at radius 3 is 1.61 bits per heavy atom. The molecular formula is C36H47N3O6Si. The van der Waals surface area contributed by atoms with Gasteiger partial charge in [-0.1, -0.05) is 126 Å². The zero-order valence-electron chi connectivity index (χ0n) is 27.6. The number of hydrogen-bond donors (Lipinski definition) is 4. The number of hydrogen-bond acceptors (Lipinski definition) is 5. The van der Waals surface area contributed by atoms with Crippen LogP contribution in [0.15, 0.2) is 91.0 Å². The minimum absolute atomic E-state index is 0.000951. The van der Waals surface area contributed by atoms with Crippen LogP contribution in [0.1, 0.15) is 53.5 Å². The maximum atomic E-state index is 13.8. The summed E-state index contributed by atoms with van der Waals surface area (Å²) in [4.78, 5) is 51.7. The number of nitrogens with one attached hydrogen (secondary N) is 3. The molecule has 0 aliphatic carbocycles. The first-order valence-corrected chi connectivity index (χ1v) is 17.5. The van der Waals surface area contributed by atoms with Crippen molar-refractivity contribution >= 4 is 42.4 Å². The molecule has 10 heteroatoms. The molecule has 0 radical (unpaired) electrons. The molecule has 0 saturated heterocycles. The Balaban J connectivity index is 1.90. The number of carbonyl (C=O) groups excluding carboxylic acids is 3. The standard InChI is InChI=1S/C36H47N3O6Si/c1-25(2)22-30(33(41)39-31(35(43)44)23-27-16-10-7-11-17-27)38-34(42)32(37-26(3)40)24-45-46(36(4,5)6,28-18-12-8-13-19-28)29-20-14-9-15-21-29/h7-21,25,30-32H,22-24H2,1-6H3,(H,37,40)(H,38,42)(H,39,41)(H,43,44)/t30-,31-,32-/m0/s1. The molecule has 3 aromatic rings. The summed E-state index contributed by atoms with van der Waals surface area (Å²) in [5.41, 5.74) is 0.755. The molecule has 4 N–H and O–H groups in total. The predicted octanol–water partition coefficient (Wildman–Crippen LogP) is 3.41. The van der Waals surface area contributed by atoms with E-state index in [-0.39, 0.29) is 30.4 Å². The lowest BCUT2D eigenvalue weighted by atomic mass is 10.0. The molecule has 0 spiro atoms. The fourth-order valence-electron chi connectivity index (χ4n) is 5.70. The third-order valence-corrected chi connectivity index (χ3v) is 12.8. The van der Waals surface area contributed by atoms with E-state index >= 15 is 0 Å². The second kappa shape index (κ2) is 16.3. The highest BCUT2D eigenvalue weighted by molar-refractivity contribution is 6.99. The molecule has 3 amide bonds. The Morgan fingerprint density at radius 2 is 1.17 bits per heavy atom. The van der Waals surface area contributed by atoms with Crippen molar-refractivity contribution in [3.63, 3.8) is 0 Å². The third kappa shape index (κ3) is 9.61. The second-order valence-corrected chi connectivity index (χ2v) is 17.3. The third-order valence-electron chi connectivity index (χ3n) is 7.81. The van der Waals surface area contributed by atoms with E-state index in [9.17, 15) is 24.3 Å². The van der Waals surface area contributed by atoms with Crippen molar-refractivity contribution in [3.05, 3.63) is 96.6 Å². The topological polar surface area (TPSA) is 134 Å². The minimum Gasteiger partial charge on any atom is -0.480 e. The summed E-state index contributed by atoms with van der Waals surface area (Å²) in [6.07, 6.45) is 0.350. The highest BCUT2D eigenvalue weighted by Crippen LogP contribution is 2.36. The zero-order chi connectivity index (χ0) is 33.9. The Labute approximate surface area is 273 Å². The Kier molecular flexibility index (Phi) is 12.8. The molecule has 9 nitrogen and oxygen atoms in total. The van der Waals surface area contributed by atoms with Gasteiger partial charge in [0, 0.05) is 13.3 Å². The van der Waals surface area contributed by atoms with E-state index < -0.39 is 50.1 Å². The number of aliphatic carboxylic acids is 1. The van der Waals surface area contributed by atoms with E-state index in [1.54, 1.807) is 24.3 Å². The summed E-state index contributed by atoms with van der Waals surface area (Å²) < 4.78 is 6.92. The van der Waals surface area contributed by atoms with Crippen molar-refractivity contribution < 1.29 is 28.7 Å². The van der Waals surface area contributed by atoms with Crippen LogP contribution in [0.5, 0.6) is 0 Å². The molecule has 3 rings (SSSR count). The molecule has 3 atom stereocenters. The van der Waals surface area contributed by atoms with Gasteiger partial charge >= 0.3 is 5.97 Å². The number of carboxylic acid groups (broad SMARTS) is 1. The van der Waals surface area contributed by atoms with Crippen LogP contribution >= 0.6 is 0 Å². The SMILES string of the molecule is CC(=O)N[C@@H](CO[Si](c1ccccc1)(c1ccccc1)C(C)(C)C)C(=O)N[C@@H](CC(C)C)C(=O)N[C@@H](Cc1ccccc1)C(=O)O. The fraction of sp³-hybridized carbons (Fsp3) is 0.389. The normalized spacial score (nSPS) is 13.7. The van der Waals surface area contributed by atoms with E-state index in [1.165, 1.54) is 6.92 Å². The highest BCUT2D eigenvalue weighted by atomic mass is 28.4. The van der Waals surface area contributed by atoms with E-state index in [4.69, 9.17) is 4.43 Å². The lowest BCUT2D eigenvalue weighted by Gasteiger charge is -2.43. The number of carbonyl (C=O) groups is 4. The van der Waals surface area contributed by atoms with E-state index in [2.05, 4.69) is 36.7 Å². The molecule has 46 heavy (non-hydrogen) atoms. The lowest BCUT2D eigenvalue weighted by Crippen LogP contribution is -2.68. The van der Waals surface area contributed by atoms with Crippen LogP contribution in [0.2, 0.25) is 5.04 Å². The van der Waals surface area contributed by atoms with Gasteiger partial charge in [-0.15, -0.1) is 0 Å². The van der Waals surface area contributed by atoms with Crippen LogP contribution in [-0.2, 0) is 30.0 Å². The minimum atomic E-state index is -3.04. The first-order chi connectivity index (χ1) is 21.7. The first-order valence-electron chi connectivity index (χ1n) is 15.6. The molecule has 0 heterocycles. The molecule has 0 aliphatic heterocycles. The van der Waals surface area contributed by atoms with Gasteiger partial charge in [0.15, 0.2) is 0 Å². The Morgan fingerprint density at radius 1 is 0.717 bits per heavy atom. The predicted molar refractivity (Wildman–Crippen MR) is 182 cm³/mol.